The summed E-state index contributed by atoms with van der Waals surface area (Å²) < 4.78 is 0. The lowest BCUT2D eigenvalue weighted by atomic mass is 9.75. The van der Waals surface area contributed by atoms with Crippen LogP contribution >= 0.6 is 0 Å². The maximum Gasteiger partial charge on any atom is -0.0189 e. The van der Waals surface area contributed by atoms with E-state index in [4.69, 9.17) is 0 Å². The molecule has 0 spiro atoms. The highest BCUT2D eigenvalue weighted by atomic mass is 15.1. The van der Waals surface area contributed by atoms with E-state index in [1.807, 2.05) is 0 Å². The van der Waals surface area contributed by atoms with Crippen LogP contribution in [-0.4, -0.2) is 18.6 Å². The topological polar surface area (TPSA) is 3.24 Å². The molecule has 0 radical (unpaired) electrons. The van der Waals surface area contributed by atoms with E-state index in [9.17, 15) is 0 Å². The summed E-state index contributed by atoms with van der Waals surface area (Å²) in [4.78, 5) is 2.50. The fraction of sp³-hybridized carbons (Fsp3) is 0.545. The molecule has 72 valence electrons. The third-order valence-corrected chi connectivity index (χ3v) is 2.38. The van der Waals surface area contributed by atoms with Gasteiger partial charge in [0.05, 0.1) is 0 Å². The summed E-state index contributed by atoms with van der Waals surface area (Å²) in [5, 5.41) is 0. The van der Waals surface area contributed by atoms with Crippen LogP contribution in [0.4, 0.5) is 0 Å². The van der Waals surface area contributed by atoms with Crippen LogP contribution < -0.4 is 4.81 Å². The summed E-state index contributed by atoms with van der Waals surface area (Å²) in [6, 6.07) is 7.52. The van der Waals surface area contributed by atoms with E-state index in [1.54, 1.807) is 0 Å². The Kier molecular flexibility index (Phi) is 3.53. The molecule has 1 aromatic rings. The largest absolute Gasteiger partial charge is 0.579 e. The van der Waals surface area contributed by atoms with E-state index in [0.29, 0.717) is 18.6 Å². The minimum atomic E-state index is 0.477. The van der Waals surface area contributed by atoms with Crippen molar-refractivity contribution >= 4 is 6.48 Å². The van der Waals surface area contributed by atoms with Gasteiger partial charge in [0.2, 0.25) is 0 Å². The smallest absolute Gasteiger partial charge is 0.0189 e. The molecule has 0 amide bonds. The highest BCUT2D eigenvalue weighted by molar-refractivity contribution is 6.53. The normalized spacial score (nSPS) is 10.9. The summed E-state index contributed by atoms with van der Waals surface area (Å²) >= 11 is 0. The van der Waals surface area contributed by atoms with Crippen molar-refractivity contribution in [3.05, 3.63) is 30.1 Å². The van der Waals surface area contributed by atoms with Gasteiger partial charge in [-0.1, -0.05) is 6.07 Å². The van der Waals surface area contributed by atoms with Gasteiger partial charge >= 0.3 is 0 Å². The average molecular weight is 176 g/mol. The molecule has 2 heteroatoms. The molecule has 13 heavy (non-hydrogen) atoms. The van der Waals surface area contributed by atoms with E-state index in [2.05, 4.69) is 62.6 Å². The lowest BCUT2D eigenvalue weighted by Gasteiger charge is -2.44. The van der Waals surface area contributed by atoms with Crippen LogP contribution in [0.15, 0.2) is 30.1 Å². The predicted molar refractivity (Wildman–Crippen MR) is 60.9 cm³/mol. The van der Waals surface area contributed by atoms with Crippen LogP contribution in [0.2, 0.25) is 0 Å². The SMILES string of the molecule is CC(C)N([b-]1ccccc1)C(C)C. The molecule has 1 rings (SSSR count). The minimum absolute atomic E-state index is 0.477. The van der Waals surface area contributed by atoms with Crippen LogP contribution in [-0.2, 0) is 0 Å². The van der Waals surface area contributed by atoms with E-state index >= 15 is 0 Å². The van der Waals surface area contributed by atoms with Gasteiger partial charge in [0, 0.05) is 0 Å². The van der Waals surface area contributed by atoms with Crippen molar-refractivity contribution in [2.24, 2.45) is 0 Å². The molecule has 0 saturated heterocycles. The Hall–Kier alpha value is -0.785. The van der Waals surface area contributed by atoms with Gasteiger partial charge < -0.3 is 4.81 Å². The van der Waals surface area contributed by atoms with Crippen molar-refractivity contribution in [2.75, 3.05) is 4.81 Å². The quantitative estimate of drug-likeness (QED) is 0.683. The first-order valence-corrected chi connectivity index (χ1v) is 5.08. The molecule has 0 aliphatic carbocycles. The molecule has 0 unspecified atom stereocenters. The molecule has 1 aromatic heterocycles. The van der Waals surface area contributed by atoms with Gasteiger partial charge in [0.15, 0.2) is 0 Å². The standard InChI is InChI=1S/C11H19BN/c1-10(2)13(11(3)4)12-8-6-5-7-9-12/h5-11H,1-4H3/q-1. The highest BCUT2D eigenvalue weighted by Crippen LogP contribution is 2.03. The highest BCUT2D eigenvalue weighted by Gasteiger charge is 2.03. The second kappa shape index (κ2) is 4.45. The summed E-state index contributed by atoms with van der Waals surface area (Å²) in [5.74, 6) is 4.50. The second-order valence-electron chi connectivity index (χ2n) is 4.09. The van der Waals surface area contributed by atoms with E-state index in [-0.39, 0.29) is 0 Å². The Morgan fingerprint density at radius 1 is 0.846 bits per heavy atom. The zero-order valence-electron chi connectivity index (χ0n) is 9.07. The fourth-order valence-corrected chi connectivity index (χ4v) is 1.97. The molecular weight excluding hydrogens is 157 g/mol. The van der Waals surface area contributed by atoms with Crippen molar-refractivity contribution in [3.63, 3.8) is 0 Å². The number of hydrogen-bond acceptors (Lipinski definition) is 1. The third-order valence-electron chi connectivity index (χ3n) is 2.38. The molecule has 0 aromatic carbocycles. The minimum Gasteiger partial charge on any atom is -0.579 e. The lowest BCUT2D eigenvalue weighted by molar-refractivity contribution is 0.640. The number of nitrogens with zero attached hydrogens (tertiary/aromatic N) is 1. The lowest BCUT2D eigenvalue weighted by Crippen LogP contribution is -2.46. The maximum absolute atomic E-state index is 2.50. The van der Waals surface area contributed by atoms with Gasteiger partial charge in [0.25, 0.3) is 0 Å². The Balaban J connectivity index is 2.89. The fourth-order valence-electron chi connectivity index (χ4n) is 1.97. The summed E-state index contributed by atoms with van der Waals surface area (Å²) in [6.07, 6.45) is 0. The Morgan fingerprint density at radius 3 is 1.69 bits per heavy atom. The van der Waals surface area contributed by atoms with Crippen molar-refractivity contribution in [2.45, 2.75) is 39.8 Å². The molecule has 0 aliphatic heterocycles. The first-order valence-electron chi connectivity index (χ1n) is 5.08. The maximum atomic E-state index is 2.50. The van der Waals surface area contributed by atoms with Gasteiger partial charge in [-0.15, -0.1) is 12.1 Å². The van der Waals surface area contributed by atoms with Gasteiger partial charge in [0.1, 0.15) is 0 Å². The molecule has 0 saturated carbocycles. The first kappa shape index (κ1) is 10.3. The van der Waals surface area contributed by atoms with Crippen molar-refractivity contribution in [3.8, 4) is 0 Å². The second-order valence-corrected chi connectivity index (χ2v) is 4.09. The molecule has 0 N–H and O–H groups in total. The first-order chi connectivity index (χ1) is 6.13. The van der Waals surface area contributed by atoms with Gasteiger partial charge in [-0.25, -0.2) is 11.9 Å². The zero-order chi connectivity index (χ0) is 9.84. The summed E-state index contributed by atoms with van der Waals surface area (Å²) in [7, 11) is 0. The Morgan fingerprint density at radius 2 is 1.31 bits per heavy atom. The summed E-state index contributed by atoms with van der Waals surface area (Å²) in [6.45, 7) is 9.48. The predicted octanol–water partition coefficient (Wildman–Crippen LogP) is 2.47. The molecule has 0 fully saturated rings. The van der Waals surface area contributed by atoms with Crippen molar-refractivity contribution < 1.29 is 0 Å². The number of hydrogen-bond donors (Lipinski definition) is 0. The van der Waals surface area contributed by atoms with Gasteiger partial charge in [-0.3, -0.25) is 0 Å². The molecule has 0 aliphatic rings. The van der Waals surface area contributed by atoms with Crippen molar-refractivity contribution in [1.29, 1.82) is 0 Å². The van der Waals surface area contributed by atoms with Crippen LogP contribution in [0.1, 0.15) is 27.7 Å². The molecular formula is C11H19BN-. The zero-order valence-corrected chi connectivity index (χ0v) is 9.07. The molecule has 1 heterocycles. The van der Waals surface area contributed by atoms with E-state index < -0.39 is 0 Å². The van der Waals surface area contributed by atoms with E-state index in [0.717, 1.165) is 0 Å². The average Bonchev–Trinajstić information content (AvgIpc) is 2.04. The van der Waals surface area contributed by atoms with Crippen LogP contribution in [0.25, 0.3) is 0 Å². The van der Waals surface area contributed by atoms with Gasteiger partial charge in [-0.2, -0.15) is 0 Å². The Bertz CT molecular complexity index is 236. The molecule has 1 nitrogen and oxygen atoms in total. The summed E-state index contributed by atoms with van der Waals surface area (Å²) in [5.41, 5.74) is 0. The molecule has 0 bridgehead atoms. The third kappa shape index (κ3) is 2.58. The van der Waals surface area contributed by atoms with Crippen LogP contribution in [0.3, 0.4) is 0 Å². The monoisotopic (exact) mass is 176 g/mol. The van der Waals surface area contributed by atoms with Crippen LogP contribution in [0, 0.1) is 0 Å². The van der Waals surface area contributed by atoms with E-state index in [1.165, 1.54) is 0 Å². The number of rotatable bonds is 3. The Labute approximate surface area is 81.8 Å². The van der Waals surface area contributed by atoms with Crippen molar-refractivity contribution in [1.82, 2.24) is 0 Å². The molecule has 0 atom stereocenters. The van der Waals surface area contributed by atoms with Crippen LogP contribution in [0.5, 0.6) is 0 Å². The van der Waals surface area contributed by atoms with Gasteiger partial charge in [-0.05, 0) is 46.3 Å².